The Morgan fingerprint density at radius 2 is 2.17 bits per heavy atom. The highest BCUT2D eigenvalue weighted by atomic mass is 19.1. The van der Waals surface area contributed by atoms with Crippen molar-refractivity contribution >= 4 is 34.8 Å². The molecule has 3 aromatic heterocycles. The van der Waals surface area contributed by atoms with Gasteiger partial charge in [0.05, 0.1) is 23.7 Å². The highest BCUT2D eigenvalue weighted by Crippen LogP contribution is 2.29. The SMILES string of the molecule is C[N+]1=CCc2cc(N(C(=O)c3ccc(-n4nnc5cccnc54)cc3F)[C@@H]3CCCNC3)ncc21. The van der Waals surface area contributed by atoms with Crippen LogP contribution in [0.5, 0.6) is 0 Å². The summed E-state index contributed by atoms with van der Waals surface area (Å²) < 4.78 is 18.9. The van der Waals surface area contributed by atoms with Gasteiger partial charge < -0.3 is 5.32 Å². The first kappa shape index (κ1) is 21.5. The van der Waals surface area contributed by atoms with Crippen LogP contribution in [0.4, 0.5) is 15.9 Å². The minimum absolute atomic E-state index is 0.0114. The van der Waals surface area contributed by atoms with Gasteiger partial charge in [-0.1, -0.05) is 5.21 Å². The standard InChI is InChI=1S/C25H24FN8O/c1-32-11-8-16-12-23(29-15-22(16)32)33(18-4-2-9-27-14-18)25(35)19-7-6-17(13-20(19)26)34-24-21(30-31-34)5-3-10-28-24/h3,5-7,10-13,15,18,27H,2,4,8-9,14H2,1H3/q+1/t18-/m1/s1. The van der Waals surface area contributed by atoms with Gasteiger partial charge in [-0.05, 0) is 49.7 Å². The molecule has 0 unspecified atom stereocenters. The van der Waals surface area contributed by atoms with Gasteiger partial charge in [0.2, 0.25) is 5.69 Å². The number of hydrogen-bond acceptors (Lipinski definition) is 6. The highest BCUT2D eigenvalue weighted by molar-refractivity contribution is 6.06. The predicted octanol–water partition coefficient (Wildman–Crippen LogP) is 2.65. The molecule has 2 aliphatic heterocycles. The number of nitrogens with zero attached hydrogens (tertiary/aromatic N) is 7. The van der Waals surface area contributed by atoms with Gasteiger partial charge >= 0.3 is 0 Å². The summed E-state index contributed by atoms with van der Waals surface area (Å²) in [5, 5.41) is 11.5. The number of hydrogen-bond donors (Lipinski definition) is 1. The topological polar surface area (TPSA) is 91.8 Å². The van der Waals surface area contributed by atoms with Crippen LogP contribution in [-0.2, 0) is 6.42 Å². The maximum Gasteiger partial charge on any atom is 0.262 e. The van der Waals surface area contributed by atoms with Crippen LogP contribution in [-0.4, -0.2) is 67.8 Å². The Morgan fingerprint density at radius 1 is 1.26 bits per heavy atom. The minimum Gasteiger partial charge on any atom is -0.315 e. The molecule has 9 nitrogen and oxygen atoms in total. The van der Waals surface area contributed by atoms with E-state index in [9.17, 15) is 4.79 Å². The van der Waals surface area contributed by atoms with Gasteiger partial charge in [-0.15, -0.1) is 5.10 Å². The van der Waals surface area contributed by atoms with Gasteiger partial charge in [-0.25, -0.2) is 18.9 Å². The van der Waals surface area contributed by atoms with Gasteiger partial charge in [0.1, 0.15) is 36.6 Å². The van der Waals surface area contributed by atoms with Crippen molar-refractivity contribution in [1.82, 2.24) is 30.3 Å². The van der Waals surface area contributed by atoms with E-state index in [1.807, 2.05) is 17.7 Å². The largest absolute Gasteiger partial charge is 0.315 e. The third-order valence-corrected chi connectivity index (χ3v) is 6.65. The number of rotatable bonds is 4. The number of fused-ring (bicyclic) bond motifs is 2. The van der Waals surface area contributed by atoms with E-state index in [1.165, 1.54) is 16.8 Å². The van der Waals surface area contributed by atoms with Gasteiger partial charge in [0.25, 0.3) is 5.91 Å². The zero-order valence-corrected chi connectivity index (χ0v) is 19.2. The second kappa shape index (κ2) is 8.62. The molecule has 0 bridgehead atoms. The fourth-order valence-corrected chi connectivity index (χ4v) is 4.81. The van der Waals surface area contributed by atoms with Gasteiger partial charge in [-0.2, -0.15) is 4.68 Å². The lowest BCUT2D eigenvalue weighted by molar-refractivity contribution is -0.396. The van der Waals surface area contributed by atoms with E-state index in [-0.39, 0.29) is 11.6 Å². The molecular formula is C25H24FN8O+. The Hall–Kier alpha value is -4.05. The average Bonchev–Trinajstić information content (AvgIpc) is 3.48. The zero-order valence-electron chi connectivity index (χ0n) is 19.2. The van der Waals surface area contributed by atoms with Crippen molar-refractivity contribution < 1.29 is 13.8 Å². The molecule has 1 fully saturated rings. The first-order chi connectivity index (χ1) is 17.1. The first-order valence-electron chi connectivity index (χ1n) is 11.7. The molecule has 10 heteroatoms. The van der Waals surface area contributed by atoms with Crippen LogP contribution in [0.2, 0.25) is 0 Å². The molecule has 176 valence electrons. The molecular weight excluding hydrogens is 447 g/mol. The molecule has 35 heavy (non-hydrogen) atoms. The number of pyridine rings is 2. The summed E-state index contributed by atoms with van der Waals surface area (Å²) in [5.41, 5.74) is 3.68. The van der Waals surface area contributed by atoms with Crippen molar-refractivity contribution in [2.75, 3.05) is 25.0 Å². The van der Waals surface area contributed by atoms with Crippen LogP contribution >= 0.6 is 0 Å². The molecule has 4 aromatic rings. The van der Waals surface area contributed by atoms with Crippen LogP contribution in [0, 0.1) is 5.82 Å². The van der Waals surface area contributed by atoms with Crippen LogP contribution in [0.15, 0.2) is 48.8 Å². The van der Waals surface area contributed by atoms with Crippen molar-refractivity contribution in [3.63, 3.8) is 0 Å². The Bertz CT molecular complexity index is 1470. The second-order valence-electron chi connectivity index (χ2n) is 8.86. The third kappa shape index (κ3) is 3.75. The maximum atomic E-state index is 15.4. The van der Waals surface area contributed by atoms with Gasteiger partial charge in [0.15, 0.2) is 5.65 Å². The molecule has 1 atom stereocenters. The lowest BCUT2D eigenvalue weighted by Crippen LogP contribution is -2.49. The molecule has 1 N–H and O–H groups in total. The van der Waals surface area contributed by atoms with Crippen LogP contribution in [0.1, 0.15) is 28.8 Å². The number of nitrogens with one attached hydrogen (secondary N) is 1. The van der Waals surface area contributed by atoms with Crippen molar-refractivity contribution in [3.8, 4) is 5.69 Å². The van der Waals surface area contributed by atoms with E-state index in [0.29, 0.717) is 29.2 Å². The summed E-state index contributed by atoms with van der Waals surface area (Å²) in [6, 6.07) is 9.84. The van der Waals surface area contributed by atoms with Crippen molar-refractivity contribution in [2.24, 2.45) is 0 Å². The summed E-state index contributed by atoms with van der Waals surface area (Å²) in [5.74, 6) is -0.497. The molecule has 1 saturated heterocycles. The Morgan fingerprint density at radius 3 is 3.00 bits per heavy atom. The van der Waals surface area contributed by atoms with Crippen LogP contribution < -0.4 is 10.2 Å². The number of carbonyl (C=O) groups excluding carboxylic acids is 1. The lowest BCUT2D eigenvalue weighted by atomic mass is 10.0. The van der Waals surface area contributed by atoms with Crippen LogP contribution in [0.25, 0.3) is 16.9 Å². The normalized spacial score (nSPS) is 17.3. The molecule has 1 aromatic carbocycles. The molecule has 2 aliphatic rings. The summed E-state index contributed by atoms with van der Waals surface area (Å²) in [4.78, 5) is 24.3. The number of aromatic nitrogens is 5. The van der Waals surface area contributed by atoms with Crippen molar-refractivity contribution in [2.45, 2.75) is 25.3 Å². The van der Waals surface area contributed by atoms with Crippen molar-refractivity contribution in [1.29, 1.82) is 0 Å². The first-order valence-corrected chi connectivity index (χ1v) is 11.7. The molecule has 0 saturated carbocycles. The van der Waals surface area contributed by atoms with E-state index < -0.39 is 11.7 Å². The number of benzene rings is 1. The van der Waals surface area contributed by atoms with E-state index in [1.54, 1.807) is 35.5 Å². The molecule has 0 radical (unpaired) electrons. The highest BCUT2D eigenvalue weighted by Gasteiger charge is 2.32. The van der Waals surface area contributed by atoms with E-state index in [2.05, 4.69) is 31.8 Å². The number of anilines is 1. The lowest BCUT2D eigenvalue weighted by Gasteiger charge is -2.34. The molecule has 1 amide bonds. The monoisotopic (exact) mass is 471 g/mol. The summed E-state index contributed by atoms with van der Waals surface area (Å²) in [6.45, 7) is 1.53. The number of carbonyl (C=O) groups is 1. The average molecular weight is 472 g/mol. The predicted molar refractivity (Wildman–Crippen MR) is 129 cm³/mol. The quantitative estimate of drug-likeness (QED) is 0.460. The molecule has 0 aliphatic carbocycles. The molecule has 0 spiro atoms. The van der Waals surface area contributed by atoms with Gasteiger partial charge in [0, 0.05) is 24.4 Å². The molecule has 5 heterocycles. The maximum absolute atomic E-state index is 15.4. The van der Waals surface area contributed by atoms with E-state index >= 15 is 4.39 Å². The number of amides is 1. The van der Waals surface area contributed by atoms with Gasteiger partial charge in [-0.3, -0.25) is 9.69 Å². The summed E-state index contributed by atoms with van der Waals surface area (Å²) in [6.07, 6.45) is 8.02. The fraction of sp³-hybridized carbons (Fsp3) is 0.280. The Kier molecular flexibility index (Phi) is 5.29. The summed E-state index contributed by atoms with van der Waals surface area (Å²) in [7, 11) is 1.98. The zero-order chi connectivity index (χ0) is 23.9. The summed E-state index contributed by atoms with van der Waals surface area (Å²) >= 11 is 0. The second-order valence-corrected chi connectivity index (χ2v) is 8.86. The van der Waals surface area contributed by atoms with E-state index in [0.717, 1.165) is 37.1 Å². The number of piperidine rings is 1. The number of halogens is 1. The third-order valence-electron chi connectivity index (χ3n) is 6.65. The molecule has 6 rings (SSSR count). The smallest absolute Gasteiger partial charge is 0.262 e. The fourth-order valence-electron chi connectivity index (χ4n) is 4.81. The van der Waals surface area contributed by atoms with Crippen molar-refractivity contribution in [3.05, 3.63) is 65.7 Å². The Labute approximate surface area is 200 Å². The minimum atomic E-state index is -0.630. The van der Waals surface area contributed by atoms with E-state index in [4.69, 9.17) is 0 Å². The Balaban J connectivity index is 1.37. The van der Waals surface area contributed by atoms with Crippen LogP contribution in [0.3, 0.4) is 0 Å².